The van der Waals surface area contributed by atoms with E-state index in [9.17, 15) is 24.3 Å². The number of methoxy groups -OCH3 is 1. The number of amides is 1. The number of carbonyl (C=O) groups excluding carboxylic acids is 3. The number of allylic oxidation sites excluding steroid dienone is 2. The molecule has 0 saturated heterocycles. The molecule has 0 aromatic heterocycles. The van der Waals surface area contributed by atoms with Crippen LogP contribution >= 0.6 is 0 Å². The Morgan fingerprint density at radius 2 is 1.45 bits per heavy atom. The summed E-state index contributed by atoms with van der Waals surface area (Å²) in [7, 11) is 1.35. The van der Waals surface area contributed by atoms with E-state index in [0.29, 0.717) is 59.0 Å². The zero-order chi connectivity index (χ0) is 37.5. The summed E-state index contributed by atoms with van der Waals surface area (Å²) in [6.07, 6.45) is 10.0. The van der Waals surface area contributed by atoms with Crippen molar-refractivity contribution >= 4 is 23.6 Å². The van der Waals surface area contributed by atoms with E-state index in [4.69, 9.17) is 14.2 Å². The van der Waals surface area contributed by atoms with Gasteiger partial charge in [-0.05, 0) is 110 Å². The minimum absolute atomic E-state index is 0.0288. The van der Waals surface area contributed by atoms with Crippen LogP contribution in [-0.4, -0.2) is 82.0 Å². The van der Waals surface area contributed by atoms with E-state index < -0.39 is 11.4 Å². The van der Waals surface area contributed by atoms with Crippen LogP contribution < -0.4 is 5.32 Å². The number of fused-ring (bicyclic) bond motifs is 7. The Morgan fingerprint density at radius 3 is 2.10 bits per heavy atom. The van der Waals surface area contributed by atoms with E-state index in [1.165, 1.54) is 12.7 Å². The van der Waals surface area contributed by atoms with Gasteiger partial charge in [0.2, 0.25) is 5.91 Å². The Labute approximate surface area is 305 Å². The molecule has 9 atom stereocenters. The monoisotopic (exact) mass is 715 g/mol. The van der Waals surface area contributed by atoms with Crippen molar-refractivity contribution in [1.29, 1.82) is 0 Å². The number of nitrogens with one attached hydrogen (secondary N) is 1. The van der Waals surface area contributed by atoms with Gasteiger partial charge in [-0.3, -0.25) is 19.2 Å². The summed E-state index contributed by atoms with van der Waals surface area (Å²) in [5.74, 6) is -0.654. The number of esters is 1. The standard InChI is InChI=1S/C41H65NO9/c1-36(2)27(34(45)42-18-20-50-22-24-51-23-21-49-19-11-32(44)48-8)9-12-39(5)31(36)10-13-41(7)33(39)30(43)25-28-29-26-38(4,35(46)47)15-14-37(29,3)16-17-40(28,41)6/h25,27,29,31,33H,9-24,26H2,1-8H3,(H,42,45)(H,46,47)/t27-,29+,31+,33-,37-,38+,39+,40-,41-/m1/s1. The molecule has 4 fully saturated rings. The normalized spacial score (nSPS) is 39.8. The molecule has 10 nitrogen and oxygen atoms in total. The highest BCUT2D eigenvalue weighted by Gasteiger charge is 2.70. The molecule has 5 aliphatic rings. The van der Waals surface area contributed by atoms with E-state index in [1.54, 1.807) is 0 Å². The molecule has 0 heterocycles. The Bertz CT molecular complexity index is 1380. The average molecular weight is 716 g/mol. The van der Waals surface area contributed by atoms with E-state index >= 15 is 0 Å². The third kappa shape index (κ3) is 7.07. The maximum Gasteiger partial charge on any atom is 0.309 e. The fourth-order valence-corrected chi connectivity index (χ4v) is 12.0. The number of hydrogen-bond acceptors (Lipinski definition) is 8. The number of ketones is 1. The summed E-state index contributed by atoms with van der Waals surface area (Å²) in [4.78, 5) is 51.8. The lowest BCUT2D eigenvalue weighted by atomic mass is 9.33. The summed E-state index contributed by atoms with van der Waals surface area (Å²) in [5, 5.41) is 13.3. The lowest BCUT2D eigenvalue weighted by Crippen LogP contribution is -2.66. The largest absolute Gasteiger partial charge is 0.481 e. The molecule has 10 heteroatoms. The van der Waals surface area contributed by atoms with Crippen LogP contribution in [0.3, 0.4) is 0 Å². The molecular weight excluding hydrogens is 650 g/mol. The molecule has 4 saturated carbocycles. The predicted molar refractivity (Wildman–Crippen MR) is 193 cm³/mol. The molecule has 0 spiro atoms. The third-order valence-electron chi connectivity index (χ3n) is 15.4. The van der Waals surface area contributed by atoms with E-state index in [1.807, 2.05) is 13.0 Å². The second-order valence-electron chi connectivity index (χ2n) is 18.4. The second kappa shape index (κ2) is 14.8. The lowest BCUT2D eigenvalue weighted by molar-refractivity contribution is -0.194. The van der Waals surface area contributed by atoms with E-state index in [0.717, 1.165) is 44.9 Å². The highest BCUT2D eigenvalue weighted by Crippen LogP contribution is 2.75. The molecule has 5 rings (SSSR count). The smallest absolute Gasteiger partial charge is 0.309 e. The molecule has 2 N–H and O–H groups in total. The van der Waals surface area contributed by atoms with Crippen molar-refractivity contribution in [1.82, 2.24) is 5.32 Å². The predicted octanol–water partition coefficient (Wildman–Crippen LogP) is 6.40. The van der Waals surface area contributed by atoms with Gasteiger partial charge in [-0.15, -0.1) is 0 Å². The fourth-order valence-electron chi connectivity index (χ4n) is 12.0. The summed E-state index contributed by atoms with van der Waals surface area (Å²) >= 11 is 0. The fraction of sp³-hybridized carbons (Fsp3) is 0.854. The van der Waals surface area contributed by atoms with Crippen LogP contribution in [-0.2, 0) is 38.1 Å². The van der Waals surface area contributed by atoms with Crippen molar-refractivity contribution in [2.75, 3.05) is 53.3 Å². The maximum atomic E-state index is 14.6. The van der Waals surface area contributed by atoms with Crippen molar-refractivity contribution < 1.29 is 43.2 Å². The number of carboxylic acid groups (broad SMARTS) is 1. The second-order valence-corrected chi connectivity index (χ2v) is 18.4. The van der Waals surface area contributed by atoms with Gasteiger partial charge in [0, 0.05) is 18.4 Å². The molecule has 288 valence electrons. The maximum absolute atomic E-state index is 14.6. The number of aliphatic carboxylic acids is 1. The summed E-state index contributed by atoms with van der Waals surface area (Å²) in [5.41, 5.74) is -0.395. The molecule has 1 amide bonds. The molecule has 0 aromatic rings. The minimum Gasteiger partial charge on any atom is -0.481 e. The number of rotatable bonds is 14. The highest BCUT2D eigenvalue weighted by molar-refractivity contribution is 5.96. The highest BCUT2D eigenvalue weighted by atomic mass is 16.5. The molecule has 0 aromatic carbocycles. The van der Waals surface area contributed by atoms with Crippen LogP contribution in [0.2, 0.25) is 0 Å². The van der Waals surface area contributed by atoms with Gasteiger partial charge in [-0.2, -0.15) is 0 Å². The zero-order valence-corrected chi connectivity index (χ0v) is 32.6. The minimum atomic E-state index is -0.762. The Kier molecular flexibility index (Phi) is 11.6. The summed E-state index contributed by atoms with van der Waals surface area (Å²) in [6, 6.07) is 0. The van der Waals surface area contributed by atoms with Gasteiger partial charge in [0.15, 0.2) is 5.78 Å². The van der Waals surface area contributed by atoms with Gasteiger partial charge in [-0.25, -0.2) is 0 Å². The topological polar surface area (TPSA) is 137 Å². The van der Waals surface area contributed by atoms with Crippen molar-refractivity contribution in [3.63, 3.8) is 0 Å². The Morgan fingerprint density at radius 1 is 0.824 bits per heavy atom. The first kappa shape index (κ1) is 39.9. The Hall–Kier alpha value is -2.30. The first-order valence-corrected chi connectivity index (χ1v) is 19.5. The molecule has 5 aliphatic carbocycles. The lowest BCUT2D eigenvalue weighted by Gasteiger charge is -2.70. The van der Waals surface area contributed by atoms with Crippen molar-refractivity contribution in [3.05, 3.63) is 11.6 Å². The van der Waals surface area contributed by atoms with E-state index in [2.05, 4.69) is 51.6 Å². The quantitative estimate of drug-likeness (QED) is 0.155. The SMILES string of the molecule is COC(=O)CCOCCOCCOCCNC(=O)[C@H]1CC[C@]2(C)[C@H]3C(=O)C=C4[C@@H]5C[C@@](C)(C(=O)O)CC[C@]5(C)CC[C@@]4(C)[C@]3(C)CC[C@H]2C1(C)C. The van der Waals surface area contributed by atoms with Crippen LogP contribution in [0.1, 0.15) is 113 Å². The molecule has 0 aliphatic heterocycles. The average Bonchev–Trinajstić information content (AvgIpc) is 3.06. The van der Waals surface area contributed by atoms with Gasteiger partial charge >= 0.3 is 11.9 Å². The number of hydrogen-bond donors (Lipinski definition) is 2. The number of ether oxygens (including phenoxy) is 4. The molecular formula is C41H65NO9. The van der Waals surface area contributed by atoms with Crippen LogP contribution in [0, 0.1) is 56.2 Å². The molecule has 51 heavy (non-hydrogen) atoms. The molecule has 0 bridgehead atoms. The number of carboxylic acids is 1. The van der Waals surface area contributed by atoms with Gasteiger partial charge in [-0.1, -0.05) is 47.1 Å². The molecule has 0 unspecified atom stereocenters. The van der Waals surface area contributed by atoms with Gasteiger partial charge in [0.1, 0.15) is 0 Å². The van der Waals surface area contributed by atoms with Crippen molar-refractivity contribution in [2.24, 2.45) is 56.2 Å². The van der Waals surface area contributed by atoms with Crippen LogP contribution in [0.25, 0.3) is 0 Å². The Balaban J connectivity index is 1.18. The first-order valence-electron chi connectivity index (χ1n) is 19.5. The summed E-state index contributed by atoms with van der Waals surface area (Å²) in [6.45, 7) is 18.6. The third-order valence-corrected chi connectivity index (χ3v) is 15.4. The van der Waals surface area contributed by atoms with Crippen molar-refractivity contribution in [2.45, 2.75) is 113 Å². The van der Waals surface area contributed by atoms with Crippen LogP contribution in [0.5, 0.6) is 0 Å². The summed E-state index contributed by atoms with van der Waals surface area (Å²) < 4.78 is 21.1. The zero-order valence-electron chi connectivity index (χ0n) is 32.6. The number of carbonyl (C=O) groups is 4. The first-order chi connectivity index (χ1) is 23.9. The van der Waals surface area contributed by atoms with Crippen LogP contribution in [0.15, 0.2) is 11.6 Å². The van der Waals surface area contributed by atoms with E-state index in [-0.39, 0.29) is 74.8 Å². The van der Waals surface area contributed by atoms with Gasteiger partial charge in [0.05, 0.1) is 58.6 Å². The van der Waals surface area contributed by atoms with Crippen molar-refractivity contribution in [3.8, 4) is 0 Å². The van der Waals surface area contributed by atoms with Gasteiger partial charge < -0.3 is 29.4 Å². The van der Waals surface area contributed by atoms with Gasteiger partial charge in [0.25, 0.3) is 0 Å². The van der Waals surface area contributed by atoms with Crippen LogP contribution in [0.4, 0.5) is 0 Å². The molecule has 0 radical (unpaired) electrons.